The van der Waals surface area contributed by atoms with Crippen molar-refractivity contribution in [1.82, 2.24) is 4.31 Å². The Hall–Kier alpha value is -1.73. The minimum Gasteiger partial charge on any atom is -0.368 e. The first-order valence-electron chi connectivity index (χ1n) is 8.66. The first kappa shape index (κ1) is 21.3. The molecule has 140 valence electrons. The number of hydrogen-bond donors (Lipinski definition) is 1. The third-order valence-electron chi connectivity index (χ3n) is 4.06. The van der Waals surface area contributed by atoms with Crippen molar-refractivity contribution in [2.24, 2.45) is 5.73 Å². The first-order valence-corrected chi connectivity index (χ1v) is 10.3. The lowest BCUT2D eigenvalue weighted by atomic mass is 10.1. The van der Waals surface area contributed by atoms with Gasteiger partial charge < -0.3 is 5.73 Å². The van der Waals surface area contributed by atoms with Gasteiger partial charge in [0, 0.05) is 13.0 Å². The molecule has 0 aliphatic heterocycles. The normalized spacial score (nSPS) is 13.0. The van der Waals surface area contributed by atoms with E-state index in [0.717, 1.165) is 22.7 Å². The summed E-state index contributed by atoms with van der Waals surface area (Å²) in [6.45, 7) is 5.52. The van der Waals surface area contributed by atoms with Crippen LogP contribution >= 0.6 is 0 Å². The molecule has 0 aliphatic carbocycles. The molecular formula is C18H28N2O4S. The van der Waals surface area contributed by atoms with E-state index in [1.807, 2.05) is 26.0 Å². The number of sulfonamides is 1. The number of likely N-dealkylation sites (N-methyl/N-ethyl adjacent to an activating group) is 1. The van der Waals surface area contributed by atoms with Crippen LogP contribution in [0.5, 0.6) is 0 Å². The second kappa shape index (κ2) is 9.68. The molecule has 0 bridgehead atoms. The monoisotopic (exact) mass is 368 g/mol. The zero-order valence-corrected chi connectivity index (χ0v) is 16.0. The highest BCUT2D eigenvalue weighted by atomic mass is 32.2. The molecular weight excluding hydrogens is 340 g/mol. The molecule has 0 radical (unpaired) electrons. The van der Waals surface area contributed by atoms with Crippen LogP contribution in [0.1, 0.15) is 51.2 Å². The van der Waals surface area contributed by atoms with Crippen molar-refractivity contribution in [2.45, 2.75) is 58.2 Å². The lowest BCUT2D eigenvalue weighted by molar-refractivity contribution is -0.132. The van der Waals surface area contributed by atoms with Gasteiger partial charge in [-0.2, -0.15) is 4.31 Å². The minimum absolute atomic E-state index is 0.0152. The van der Waals surface area contributed by atoms with Crippen molar-refractivity contribution in [1.29, 1.82) is 0 Å². The predicted molar refractivity (Wildman–Crippen MR) is 98.3 cm³/mol. The number of rotatable bonds is 11. The summed E-state index contributed by atoms with van der Waals surface area (Å²) >= 11 is 0. The van der Waals surface area contributed by atoms with Crippen molar-refractivity contribution in [3.05, 3.63) is 35.4 Å². The van der Waals surface area contributed by atoms with Gasteiger partial charge in [0.2, 0.25) is 15.9 Å². The number of hydrogen-bond acceptors (Lipinski definition) is 4. The van der Waals surface area contributed by atoms with Crippen LogP contribution in [-0.4, -0.2) is 37.0 Å². The van der Waals surface area contributed by atoms with Gasteiger partial charge in [-0.1, -0.05) is 51.5 Å². The highest BCUT2D eigenvalue weighted by molar-refractivity contribution is 7.88. The lowest BCUT2D eigenvalue weighted by Crippen LogP contribution is -2.52. The van der Waals surface area contributed by atoms with E-state index in [1.54, 1.807) is 19.1 Å². The van der Waals surface area contributed by atoms with Crippen molar-refractivity contribution in [3.8, 4) is 0 Å². The molecule has 6 nitrogen and oxygen atoms in total. The van der Waals surface area contributed by atoms with Crippen LogP contribution in [0.25, 0.3) is 0 Å². The largest absolute Gasteiger partial charge is 0.368 e. The number of amides is 1. The molecule has 7 heteroatoms. The summed E-state index contributed by atoms with van der Waals surface area (Å²) in [6.07, 6.45) is 2.31. The van der Waals surface area contributed by atoms with Gasteiger partial charge in [0.1, 0.15) is 0 Å². The summed E-state index contributed by atoms with van der Waals surface area (Å²) in [5.74, 6) is -1.63. The van der Waals surface area contributed by atoms with Gasteiger partial charge in [0.25, 0.3) is 0 Å². The van der Waals surface area contributed by atoms with Crippen LogP contribution < -0.4 is 5.73 Å². The van der Waals surface area contributed by atoms with E-state index in [9.17, 15) is 18.0 Å². The van der Waals surface area contributed by atoms with Gasteiger partial charge in [0.05, 0.1) is 5.75 Å². The van der Waals surface area contributed by atoms with Crippen LogP contribution in [0.2, 0.25) is 0 Å². The minimum atomic E-state index is -3.85. The Morgan fingerprint density at radius 2 is 1.80 bits per heavy atom. The predicted octanol–water partition coefficient (Wildman–Crippen LogP) is 2.01. The fourth-order valence-electron chi connectivity index (χ4n) is 2.72. The Bertz CT molecular complexity index is 701. The van der Waals surface area contributed by atoms with Gasteiger partial charge >= 0.3 is 0 Å². The SMILES string of the molecule is CCCCC(=O)C(C(N)=O)N(CC)S(=O)(=O)Cc1cccc(CC)c1. The third-order valence-corrected chi connectivity index (χ3v) is 5.94. The smallest absolute Gasteiger partial charge is 0.243 e. The highest BCUT2D eigenvalue weighted by Gasteiger charge is 2.37. The molecule has 0 spiro atoms. The number of carbonyl (C=O) groups is 2. The molecule has 0 fully saturated rings. The summed E-state index contributed by atoms with van der Waals surface area (Å²) in [7, 11) is -3.85. The number of primary amides is 1. The number of unbranched alkanes of at least 4 members (excludes halogenated alkanes) is 1. The van der Waals surface area contributed by atoms with Crippen molar-refractivity contribution >= 4 is 21.7 Å². The summed E-state index contributed by atoms with van der Waals surface area (Å²) < 4.78 is 26.6. The molecule has 0 saturated heterocycles. The molecule has 1 aromatic rings. The maximum absolute atomic E-state index is 12.8. The van der Waals surface area contributed by atoms with Crippen LogP contribution in [0.3, 0.4) is 0 Å². The average Bonchev–Trinajstić information content (AvgIpc) is 2.56. The maximum atomic E-state index is 12.8. The van der Waals surface area contributed by atoms with Crippen molar-refractivity contribution in [2.75, 3.05) is 6.54 Å². The Morgan fingerprint density at radius 1 is 1.16 bits per heavy atom. The quantitative estimate of drug-likeness (QED) is 0.604. The summed E-state index contributed by atoms with van der Waals surface area (Å²) in [6, 6.07) is 5.84. The van der Waals surface area contributed by atoms with E-state index in [2.05, 4.69) is 0 Å². The molecule has 1 amide bonds. The Kier molecular flexibility index (Phi) is 8.25. The zero-order chi connectivity index (χ0) is 19.0. The molecule has 0 heterocycles. The molecule has 0 aliphatic rings. The fraction of sp³-hybridized carbons (Fsp3) is 0.556. The summed E-state index contributed by atoms with van der Waals surface area (Å²) in [5, 5.41) is 0. The first-order chi connectivity index (χ1) is 11.8. The second-order valence-electron chi connectivity index (χ2n) is 6.01. The van der Waals surface area contributed by atoms with Crippen molar-refractivity contribution in [3.63, 3.8) is 0 Å². The number of Topliss-reactive ketones (excluding diaryl/α,β-unsaturated/α-hetero) is 1. The summed E-state index contributed by atoms with van der Waals surface area (Å²) in [4.78, 5) is 24.1. The van der Waals surface area contributed by atoms with Crippen molar-refractivity contribution < 1.29 is 18.0 Å². The molecule has 0 aromatic heterocycles. The standard InChI is InChI=1S/C18H28N2O4S/c1-4-7-11-16(21)17(18(19)22)20(6-3)25(23,24)13-15-10-8-9-14(5-2)12-15/h8-10,12,17H,4-7,11,13H2,1-3H3,(H2,19,22). The van der Waals surface area contributed by atoms with E-state index in [1.165, 1.54) is 0 Å². The van der Waals surface area contributed by atoms with Gasteiger partial charge in [-0.3, -0.25) is 9.59 Å². The number of carbonyl (C=O) groups excluding carboxylic acids is 2. The Morgan fingerprint density at radius 3 is 2.32 bits per heavy atom. The van der Waals surface area contributed by atoms with E-state index >= 15 is 0 Å². The van der Waals surface area contributed by atoms with Gasteiger partial charge in [-0.05, 0) is 24.0 Å². The van der Waals surface area contributed by atoms with Crippen LogP contribution in [-0.2, 0) is 31.8 Å². The van der Waals surface area contributed by atoms with Gasteiger partial charge in [-0.25, -0.2) is 8.42 Å². The molecule has 1 atom stereocenters. The molecule has 0 saturated carbocycles. The number of ketones is 1. The Balaban J connectivity index is 3.11. The molecule has 25 heavy (non-hydrogen) atoms. The van der Waals surface area contributed by atoms with Gasteiger partial charge in [0.15, 0.2) is 11.8 Å². The molecule has 1 rings (SSSR count). The lowest BCUT2D eigenvalue weighted by Gasteiger charge is -2.27. The molecule has 1 unspecified atom stereocenters. The molecule has 1 aromatic carbocycles. The Labute approximate surface area is 150 Å². The second-order valence-corrected chi connectivity index (χ2v) is 7.93. The van der Waals surface area contributed by atoms with E-state index in [-0.39, 0.29) is 18.7 Å². The zero-order valence-electron chi connectivity index (χ0n) is 15.2. The van der Waals surface area contributed by atoms with E-state index in [4.69, 9.17) is 5.73 Å². The summed E-state index contributed by atoms with van der Waals surface area (Å²) in [5.41, 5.74) is 7.01. The maximum Gasteiger partial charge on any atom is 0.243 e. The van der Waals surface area contributed by atoms with Crippen LogP contribution in [0.15, 0.2) is 24.3 Å². The fourth-order valence-corrected chi connectivity index (χ4v) is 4.42. The van der Waals surface area contributed by atoms with Crippen LogP contribution in [0, 0.1) is 0 Å². The van der Waals surface area contributed by atoms with E-state index in [0.29, 0.717) is 12.0 Å². The van der Waals surface area contributed by atoms with E-state index < -0.39 is 27.8 Å². The van der Waals surface area contributed by atoms with Crippen LogP contribution in [0.4, 0.5) is 0 Å². The third kappa shape index (κ3) is 5.93. The highest BCUT2D eigenvalue weighted by Crippen LogP contribution is 2.17. The number of nitrogens with zero attached hydrogens (tertiary/aromatic N) is 1. The average molecular weight is 368 g/mol. The van der Waals surface area contributed by atoms with Gasteiger partial charge in [-0.15, -0.1) is 0 Å². The molecule has 2 N–H and O–H groups in total. The number of benzene rings is 1. The number of nitrogens with two attached hydrogens (primary N) is 1. The topological polar surface area (TPSA) is 97.5 Å². The number of aryl methyl sites for hydroxylation is 1.